The molecule has 1 N–H and O–H groups in total. The second kappa shape index (κ2) is 9.31. The lowest BCUT2D eigenvalue weighted by Crippen LogP contribution is -2.50. The van der Waals surface area contributed by atoms with Gasteiger partial charge >= 0.3 is 0 Å². The largest absolute Gasteiger partial charge is 0.354 e. The van der Waals surface area contributed by atoms with Gasteiger partial charge in [0.05, 0.1) is 12.6 Å². The number of nitrogens with one attached hydrogen (secondary N) is 1. The molecule has 0 aliphatic carbocycles. The summed E-state index contributed by atoms with van der Waals surface area (Å²) in [6.07, 6.45) is 0. The van der Waals surface area contributed by atoms with Crippen LogP contribution >= 0.6 is 0 Å². The van der Waals surface area contributed by atoms with Gasteiger partial charge in [0.2, 0.25) is 5.91 Å². The number of aryl methyl sites for hydroxylation is 1. The third-order valence-electron chi connectivity index (χ3n) is 5.19. The first-order chi connectivity index (χ1) is 13.8. The second-order valence-electron chi connectivity index (χ2n) is 7.98. The van der Waals surface area contributed by atoms with Gasteiger partial charge in [-0.25, -0.2) is 14.4 Å². The second-order valence-corrected chi connectivity index (χ2v) is 7.98. The van der Waals surface area contributed by atoms with Crippen LogP contribution in [0.15, 0.2) is 30.3 Å². The Balaban J connectivity index is 1.50. The van der Waals surface area contributed by atoms with E-state index in [1.807, 2.05) is 19.9 Å². The van der Waals surface area contributed by atoms with E-state index in [1.165, 1.54) is 12.1 Å². The van der Waals surface area contributed by atoms with Gasteiger partial charge in [0, 0.05) is 43.9 Å². The van der Waals surface area contributed by atoms with Crippen LogP contribution in [0.3, 0.4) is 0 Å². The van der Waals surface area contributed by atoms with Crippen LogP contribution in [0, 0.1) is 12.7 Å². The van der Waals surface area contributed by atoms with Gasteiger partial charge in [-0.1, -0.05) is 26.0 Å². The predicted molar refractivity (Wildman–Crippen MR) is 112 cm³/mol. The van der Waals surface area contributed by atoms with Crippen molar-refractivity contribution >= 4 is 11.7 Å². The van der Waals surface area contributed by atoms with Gasteiger partial charge in [-0.15, -0.1) is 0 Å². The molecule has 1 aliphatic heterocycles. The molecular weight excluding hydrogens is 369 g/mol. The van der Waals surface area contributed by atoms with Gasteiger partial charge in [0.1, 0.15) is 17.5 Å². The summed E-state index contributed by atoms with van der Waals surface area (Å²) in [6.45, 7) is 11.7. The highest BCUT2D eigenvalue weighted by Crippen LogP contribution is 2.19. The summed E-state index contributed by atoms with van der Waals surface area (Å²) in [5.74, 6) is 1.84. The van der Waals surface area contributed by atoms with Crippen molar-refractivity contribution in [3.63, 3.8) is 0 Å². The van der Waals surface area contributed by atoms with E-state index in [4.69, 9.17) is 4.98 Å². The maximum atomic E-state index is 13.1. The number of amides is 1. The number of rotatable bonds is 6. The summed E-state index contributed by atoms with van der Waals surface area (Å²) in [5.41, 5.74) is 1.87. The Morgan fingerprint density at radius 3 is 2.38 bits per heavy atom. The lowest BCUT2D eigenvalue weighted by atomic mass is 10.1. The van der Waals surface area contributed by atoms with Crippen molar-refractivity contribution in [3.8, 4) is 0 Å². The van der Waals surface area contributed by atoms with Crippen LogP contribution in [0.25, 0.3) is 0 Å². The maximum Gasteiger partial charge on any atom is 0.234 e. The maximum absolute atomic E-state index is 13.1. The van der Waals surface area contributed by atoms with Crippen molar-refractivity contribution < 1.29 is 9.18 Å². The quantitative estimate of drug-likeness (QED) is 0.809. The van der Waals surface area contributed by atoms with Crippen molar-refractivity contribution in [3.05, 3.63) is 53.2 Å². The molecule has 0 unspecified atom stereocenters. The third kappa shape index (κ3) is 5.73. The summed E-state index contributed by atoms with van der Waals surface area (Å²) in [5, 5.41) is 3.00. The molecule has 1 aromatic heterocycles. The number of piperazine rings is 1. The molecule has 2 heterocycles. The summed E-state index contributed by atoms with van der Waals surface area (Å²) in [4.78, 5) is 26.1. The molecule has 0 radical (unpaired) electrons. The zero-order chi connectivity index (χ0) is 21.0. The van der Waals surface area contributed by atoms with Crippen LogP contribution in [-0.4, -0.2) is 53.5 Å². The fourth-order valence-corrected chi connectivity index (χ4v) is 3.45. The van der Waals surface area contributed by atoms with E-state index in [2.05, 4.69) is 33.9 Å². The van der Waals surface area contributed by atoms with E-state index in [1.54, 1.807) is 12.1 Å². The molecule has 1 amide bonds. The summed E-state index contributed by atoms with van der Waals surface area (Å²) >= 11 is 0. The van der Waals surface area contributed by atoms with Crippen LogP contribution in [0.5, 0.6) is 0 Å². The first kappa shape index (κ1) is 21.2. The van der Waals surface area contributed by atoms with Gasteiger partial charge < -0.3 is 10.2 Å². The highest BCUT2D eigenvalue weighted by Gasteiger charge is 2.21. The van der Waals surface area contributed by atoms with Crippen molar-refractivity contribution in [2.45, 2.75) is 39.7 Å². The molecule has 156 valence electrons. The zero-order valence-corrected chi connectivity index (χ0v) is 17.7. The molecule has 0 bridgehead atoms. The van der Waals surface area contributed by atoms with E-state index >= 15 is 0 Å². The Hall–Kier alpha value is -2.54. The molecular formula is C22H30FN5O. The molecule has 1 aliphatic rings. The number of hydrogen-bond donors (Lipinski definition) is 1. The molecule has 1 fully saturated rings. The van der Waals surface area contributed by atoms with E-state index in [-0.39, 0.29) is 17.8 Å². The number of hydrogen-bond acceptors (Lipinski definition) is 5. The molecule has 1 atom stereocenters. The molecule has 1 saturated heterocycles. The van der Waals surface area contributed by atoms with E-state index in [9.17, 15) is 9.18 Å². The van der Waals surface area contributed by atoms with Crippen molar-refractivity contribution in [2.24, 2.45) is 0 Å². The third-order valence-corrected chi connectivity index (χ3v) is 5.19. The Bertz CT molecular complexity index is 832. The van der Waals surface area contributed by atoms with Crippen LogP contribution in [0.1, 0.15) is 49.8 Å². The number of benzene rings is 1. The average molecular weight is 400 g/mol. The number of aromatic nitrogens is 2. The number of carbonyl (C=O) groups excluding carboxylic acids is 1. The Morgan fingerprint density at radius 2 is 1.76 bits per heavy atom. The molecule has 3 rings (SSSR count). The minimum atomic E-state index is -0.274. The number of anilines is 1. The average Bonchev–Trinajstić information content (AvgIpc) is 2.68. The number of nitrogens with zero attached hydrogens (tertiary/aromatic N) is 4. The van der Waals surface area contributed by atoms with Gasteiger partial charge in [-0.2, -0.15) is 0 Å². The molecule has 2 aromatic rings. The van der Waals surface area contributed by atoms with Crippen LogP contribution in [0.4, 0.5) is 10.2 Å². The number of halogens is 1. The van der Waals surface area contributed by atoms with Gasteiger partial charge in [0.25, 0.3) is 0 Å². The molecule has 0 saturated carbocycles. The molecule has 6 nitrogen and oxygen atoms in total. The van der Waals surface area contributed by atoms with Gasteiger partial charge in [-0.05, 0) is 31.5 Å². The van der Waals surface area contributed by atoms with Gasteiger partial charge in [-0.3, -0.25) is 9.69 Å². The van der Waals surface area contributed by atoms with E-state index in [0.29, 0.717) is 12.5 Å². The summed E-state index contributed by atoms with van der Waals surface area (Å²) in [6, 6.07) is 8.11. The van der Waals surface area contributed by atoms with E-state index < -0.39 is 0 Å². The first-order valence-electron chi connectivity index (χ1n) is 10.2. The minimum Gasteiger partial charge on any atom is -0.354 e. The number of carbonyl (C=O) groups is 1. The van der Waals surface area contributed by atoms with Crippen molar-refractivity contribution in [1.82, 2.24) is 20.2 Å². The minimum absolute atomic E-state index is 0.0183. The zero-order valence-electron chi connectivity index (χ0n) is 17.7. The van der Waals surface area contributed by atoms with Gasteiger partial charge in [0.15, 0.2) is 0 Å². The molecule has 29 heavy (non-hydrogen) atoms. The normalized spacial score (nSPS) is 16.1. The lowest BCUT2D eigenvalue weighted by Gasteiger charge is -2.35. The Kier molecular flexibility index (Phi) is 6.79. The van der Waals surface area contributed by atoms with Crippen LogP contribution < -0.4 is 10.2 Å². The Labute approximate surface area is 172 Å². The monoisotopic (exact) mass is 399 g/mol. The van der Waals surface area contributed by atoms with E-state index in [0.717, 1.165) is 49.1 Å². The fourth-order valence-electron chi connectivity index (χ4n) is 3.45. The predicted octanol–water partition coefficient (Wildman–Crippen LogP) is 3.05. The highest BCUT2D eigenvalue weighted by molar-refractivity contribution is 5.78. The Morgan fingerprint density at radius 1 is 1.10 bits per heavy atom. The van der Waals surface area contributed by atoms with Crippen molar-refractivity contribution in [2.75, 3.05) is 37.6 Å². The molecule has 0 spiro atoms. The lowest BCUT2D eigenvalue weighted by molar-refractivity contribution is -0.123. The van der Waals surface area contributed by atoms with Crippen LogP contribution in [0.2, 0.25) is 0 Å². The summed E-state index contributed by atoms with van der Waals surface area (Å²) < 4.78 is 13.1. The smallest absolute Gasteiger partial charge is 0.234 e. The topological polar surface area (TPSA) is 61.4 Å². The van der Waals surface area contributed by atoms with Crippen LogP contribution in [-0.2, 0) is 4.79 Å². The highest BCUT2D eigenvalue weighted by atomic mass is 19.1. The fraction of sp³-hybridized carbons (Fsp3) is 0.500. The van der Waals surface area contributed by atoms with Crippen molar-refractivity contribution in [1.29, 1.82) is 0 Å². The first-order valence-corrected chi connectivity index (χ1v) is 10.2. The summed E-state index contributed by atoms with van der Waals surface area (Å²) in [7, 11) is 0. The SMILES string of the molecule is Cc1cc(N2CCN(CC(=O)N[C@@H](C)c3ccc(F)cc3)CC2)nc(C(C)C)n1. The molecule has 7 heteroatoms. The standard InChI is InChI=1S/C22H30FN5O/c1-15(2)22-24-16(3)13-20(26-22)28-11-9-27(10-12-28)14-21(29)25-17(4)18-5-7-19(23)8-6-18/h5-8,13,15,17H,9-12,14H2,1-4H3,(H,25,29)/t17-/m0/s1. The molecule has 1 aromatic carbocycles.